The Balaban J connectivity index is 1.93. The molecule has 0 heterocycles. The van der Waals surface area contributed by atoms with E-state index in [0.717, 1.165) is 6.42 Å². The van der Waals surface area contributed by atoms with Gasteiger partial charge in [-0.05, 0) is 43.0 Å². The Hall–Kier alpha value is -1.07. The van der Waals surface area contributed by atoms with E-state index in [2.05, 4.69) is 5.32 Å². The number of anilines is 1. The maximum Gasteiger partial charge on any atom is 0.261 e. The smallest absolute Gasteiger partial charge is 0.261 e. The average Bonchev–Trinajstić information content (AvgIpc) is 2.88. The number of hydrogen-bond donors (Lipinski definition) is 1. The lowest BCUT2D eigenvalue weighted by atomic mass is 10.0. The molecule has 2 rings (SSSR count). The minimum Gasteiger partial charge on any atom is -0.326 e. The van der Waals surface area contributed by atoms with E-state index in [-0.39, 0.29) is 10.8 Å². The van der Waals surface area contributed by atoms with Gasteiger partial charge in [0.15, 0.2) is 0 Å². The maximum atomic E-state index is 11.9. The zero-order valence-electron chi connectivity index (χ0n) is 12.1. The van der Waals surface area contributed by atoms with Crippen molar-refractivity contribution < 1.29 is 13.2 Å². The Kier molecular flexibility index (Phi) is 5.27. The lowest BCUT2D eigenvalue weighted by Crippen LogP contribution is -2.13. The molecule has 21 heavy (non-hydrogen) atoms. The molecule has 4 nitrogen and oxygen atoms in total. The second-order valence-electron chi connectivity index (χ2n) is 5.66. The minimum absolute atomic E-state index is 0.0252. The van der Waals surface area contributed by atoms with Crippen LogP contribution in [0.15, 0.2) is 23.1 Å². The van der Waals surface area contributed by atoms with Gasteiger partial charge in [-0.1, -0.05) is 25.7 Å². The van der Waals surface area contributed by atoms with Gasteiger partial charge in [0.25, 0.3) is 9.05 Å². The number of nitrogens with one attached hydrogen (secondary N) is 1. The Bertz CT molecular complexity index is 622. The molecule has 1 saturated carbocycles. The number of hydrogen-bond acceptors (Lipinski definition) is 3. The van der Waals surface area contributed by atoms with Gasteiger partial charge in [0.1, 0.15) is 0 Å². The van der Waals surface area contributed by atoms with E-state index in [1.807, 2.05) is 0 Å². The van der Waals surface area contributed by atoms with E-state index < -0.39 is 9.05 Å². The molecule has 6 heteroatoms. The van der Waals surface area contributed by atoms with Gasteiger partial charge in [0.2, 0.25) is 5.91 Å². The van der Waals surface area contributed by atoms with Crippen LogP contribution < -0.4 is 5.32 Å². The average molecular weight is 330 g/mol. The van der Waals surface area contributed by atoms with Crippen LogP contribution >= 0.6 is 10.7 Å². The monoisotopic (exact) mass is 329 g/mol. The van der Waals surface area contributed by atoms with Crippen molar-refractivity contribution in [3.63, 3.8) is 0 Å². The molecule has 1 N–H and O–H groups in total. The summed E-state index contributed by atoms with van der Waals surface area (Å²) in [6, 6.07) is 4.61. The van der Waals surface area contributed by atoms with Crippen molar-refractivity contribution in [3.05, 3.63) is 23.8 Å². The number of carbonyl (C=O) groups excluding carboxylic acids is 1. The van der Waals surface area contributed by atoms with E-state index in [1.165, 1.54) is 31.7 Å². The fraction of sp³-hybridized carbons (Fsp3) is 0.533. The van der Waals surface area contributed by atoms with Crippen LogP contribution in [0, 0.1) is 12.8 Å². The molecule has 0 aromatic heterocycles. The predicted octanol–water partition coefficient (Wildman–Crippen LogP) is 3.83. The first-order valence-electron chi connectivity index (χ1n) is 7.21. The Morgan fingerprint density at radius 3 is 2.57 bits per heavy atom. The summed E-state index contributed by atoms with van der Waals surface area (Å²) in [5.74, 6) is 0.657. The van der Waals surface area contributed by atoms with Crippen LogP contribution in [0.5, 0.6) is 0 Å². The van der Waals surface area contributed by atoms with E-state index in [0.29, 0.717) is 23.6 Å². The van der Waals surface area contributed by atoms with Crippen molar-refractivity contribution in [1.82, 2.24) is 0 Å². The SMILES string of the molecule is Cc1cc(NC(=O)CCC2CCCC2)ccc1S(=O)(=O)Cl. The molecule has 116 valence electrons. The van der Waals surface area contributed by atoms with E-state index in [9.17, 15) is 13.2 Å². The molecular formula is C15H20ClNO3S. The van der Waals surface area contributed by atoms with Gasteiger partial charge in [-0.3, -0.25) is 4.79 Å². The highest BCUT2D eigenvalue weighted by Crippen LogP contribution is 2.28. The first kappa shape index (κ1) is 16.3. The summed E-state index contributed by atoms with van der Waals surface area (Å²) in [7, 11) is 1.59. The van der Waals surface area contributed by atoms with Gasteiger partial charge in [-0.15, -0.1) is 0 Å². The Morgan fingerprint density at radius 2 is 2.00 bits per heavy atom. The third-order valence-electron chi connectivity index (χ3n) is 3.98. The highest BCUT2D eigenvalue weighted by molar-refractivity contribution is 8.13. The summed E-state index contributed by atoms with van der Waals surface area (Å²) < 4.78 is 22.6. The second kappa shape index (κ2) is 6.79. The maximum absolute atomic E-state index is 11.9. The molecule has 1 fully saturated rings. The fourth-order valence-electron chi connectivity index (χ4n) is 2.86. The highest BCUT2D eigenvalue weighted by atomic mass is 35.7. The number of rotatable bonds is 5. The summed E-state index contributed by atoms with van der Waals surface area (Å²) in [5, 5.41) is 2.81. The summed E-state index contributed by atoms with van der Waals surface area (Å²) in [5.41, 5.74) is 1.13. The molecule has 1 amide bonds. The lowest BCUT2D eigenvalue weighted by Gasteiger charge is -2.10. The molecule has 1 aliphatic rings. The molecule has 0 saturated heterocycles. The van der Waals surface area contributed by atoms with Gasteiger partial charge in [0.05, 0.1) is 4.90 Å². The third-order valence-corrected chi connectivity index (χ3v) is 5.46. The topological polar surface area (TPSA) is 63.2 Å². The predicted molar refractivity (Wildman–Crippen MR) is 84.0 cm³/mol. The molecule has 0 bridgehead atoms. The fourth-order valence-corrected chi connectivity index (χ4v) is 4.05. The number of benzene rings is 1. The van der Waals surface area contributed by atoms with Crippen LogP contribution in [0.25, 0.3) is 0 Å². The van der Waals surface area contributed by atoms with E-state index in [1.54, 1.807) is 19.1 Å². The summed E-state index contributed by atoms with van der Waals surface area (Å²) >= 11 is 0. The Labute approximate surface area is 130 Å². The first-order valence-corrected chi connectivity index (χ1v) is 9.52. The van der Waals surface area contributed by atoms with Crippen LogP contribution in [-0.4, -0.2) is 14.3 Å². The van der Waals surface area contributed by atoms with Gasteiger partial charge >= 0.3 is 0 Å². The second-order valence-corrected chi connectivity index (χ2v) is 8.19. The molecule has 1 aromatic carbocycles. The van der Waals surface area contributed by atoms with Crippen LogP contribution in [0.2, 0.25) is 0 Å². The molecule has 1 aliphatic carbocycles. The van der Waals surface area contributed by atoms with Crippen molar-refractivity contribution in [2.75, 3.05) is 5.32 Å². The van der Waals surface area contributed by atoms with E-state index >= 15 is 0 Å². The van der Waals surface area contributed by atoms with Crippen LogP contribution in [0.4, 0.5) is 5.69 Å². The normalized spacial score (nSPS) is 16.1. The van der Waals surface area contributed by atoms with Crippen molar-refractivity contribution in [2.45, 2.75) is 50.3 Å². The standard InChI is InChI=1S/C15H20ClNO3S/c1-11-10-13(7-8-14(11)21(16,19)20)17-15(18)9-6-12-4-2-3-5-12/h7-8,10,12H,2-6,9H2,1H3,(H,17,18). The molecular weight excluding hydrogens is 310 g/mol. The largest absolute Gasteiger partial charge is 0.326 e. The molecule has 0 spiro atoms. The zero-order valence-corrected chi connectivity index (χ0v) is 13.6. The molecule has 0 radical (unpaired) electrons. The molecule has 0 atom stereocenters. The van der Waals surface area contributed by atoms with Gasteiger partial charge in [0, 0.05) is 22.8 Å². The summed E-state index contributed by atoms with van der Waals surface area (Å²) in [4.78, 5) is 12.0. The molecule has 0 unspecified atom stereocenters. The number of aryl methyl sites for hydroxylation is 1. The van der Waals surface area contributed by atoms with Crippen LogP contribution in [0.1, 0.15) is 44.1 Å². The summed E-state index contributed by atoms with van der Waals surface area (Å²) in [6.45, 7) is 1.66. The van der Waals surface area contributed by atoms with Gasteiger partial charge in [-0.25, -0.2) is 8.42 Å². The number of halogens is 1. The molecule has 0 aliphatic heterocycles. The number of amides is 1. The van der Waals surface area contributed by atoms with Crippen molar-refractivity contribution >= 4 is 31.3 Å². The van der Waals surface area contributed by atoms with Gasteiger partial charge in [-0.2, -0.15) is 0 Å². The van der Waals surface area contributed by atoms with Crippen molar-refractivity contribution in [3.8, 4) is 0 Å². The van der Waals surface area contributed by atoms with Crippen LogP contribution in [-0.2, 0) is 13.8 Å². The van der Waals surface area contributed by atoms with Crippen LogP contribution in [0.3, 0.4) is 0 Å². The van der Waals surface area contributed by atoms with E-state index in [4.69, 9.17) is 10.7 Å². The van der Waals surface area contributed by atoms with Gasteiger partial charge < -0.3 is 5.32 Å². The molecule has 1 aromatic rings. The minimum atomic E-state index is -3.74. The lowest BCUT2D eigenvalue weighted by molar-refractivity contribution is -0.116. The number of carbonyl (C=O) groups is 1. The highest BCUT2D eigenvalue weighted by Gasteiger charge is 2.17. The summed E-state index contributed by atoms with van der Waals surface area (Å²) in [6.07, 6.45) is 6.46. The third kappa shape index (κ3) is 4.71. The quantitative estimate of drug-likeness (QED) is 0.835. The van der Waals surface area contributed by atoms with Crippen molar-refractivity contribution in [2.24, 2.45) is 5.92 Å². The van der Waals surface area contributed by atoms with Crippen molar-refractivity contribution in [1.29, 1.82) is 0 Å². The zero-order chi connectivity index (χ0) is 15.5. The Morgan fingerprint density at radius 1 is 1.33 bits per heavy atom. The first-order chi connectivity index (χ1) is 9.86.